The van der Waals surface area contributed by atoms with Crippen LogP contribution in [0.3, 0.4) is 0 Å². The Balaban J connectivity index is 1.19. The number of fused-ring (bicyclic) bond motifs is 3. The molecule has 1 aromatic heterocycles. The summed E-state index contributed by atoms with van der Waals surface area (Å²) in [5.41, 5.74) is 10.0. The van der Waals surface area contributed by atoms with E-state index in [-0.39, 0.29) is 51.0 Å². The van der Waals surface area contributed by atoms with Crippen LogP contribution < -0.4 is 25.8 Å². The number of benzene rings is 3. The van der Waals surface area contributed by atoms with Crippen molar-refractivity contribution in [2.24, 2.45) is 0 Å². The number of hydrogen-bond acceptors (Lipinski definition) is 10. The normalized spacial score (nSPS) is 18.5. The number of nitrogen functional groups attached to an aromatic ring is 1. The van der Waals surface area contributed by atoms with Crippen LogP contribution in [0, 0.1) is 12.3 Å². The number of anilines is 2. The Bertz CT molecular complexity index is 2010. The molecule has 4 aromatic rings. The number of aromatic nitrogens is 1. The number of methoxy groups -OCH3 is 1. The molecular weight excluding hydrogens is 645 g/mol. The van der Waals surface area contributed by atoms with E-state index in [2.05, 4.69) is 28.1 Å². The molecule has 0 unspecified atom stereocenters. The molecule has 3 aliphatic rings. The minimum atomic E-state index is -0.852. The van der Waals surface area contributed by atoms with Crippen LogP contribution in [-0.4, -0.2) is 81.6 Å². The molecule has 2 saturated heterocycles. The van der Waals surface area contributed by atoms with Crippen LogP contribution >= 0.6 is 11.3 Å². The average molecular weight is 679 g/mol. The van der Waals surface area contributed by atoms with Crippen molar-refractivity contribution in [2.45, 2.75) is 31.7 Å². The lowest BCUT2D eigenvalue weighted by Crippen LogP contribution is -2.66. The molecular formula is C35H34N8O5S. The Kier molecular flexibility index (Phi) is 8.45. The molecule has 14 heteroatoms. The Morgan fingerprint density at radius 3 is 2.80 bits per heavy atom. The van der Waals surface area contributed by atoms with Crippen LogP contribution in [0.5, 0.6) is 11.5 Å². The minimum absolute atomic E-state index is 0.0809. The third-order valence-electron chi connectivity index (χ3n) is 8.82. The summed E-state index contributed by atoms with van der Waals surface area (Å²) in [5, 5.41) is 9.49. The van der Waals surface area contributed by atoms with Crippen molar-refractivity contribution in [3.05, 3.63) is 89.8 Å². The third kappa shape index (κ3) is 6.17. The van der Waals surface area contributed by atoms with Gasteiger partial charge >= 0.3 is 6.03 Å². The van der Waals surface area contributed by atoms with Crippen LogP contribution in [0.1, 0.15) is 16.7 Å². The van der Waals surface area contributed by atoms with Gasteiger partial charge in [0, 0.05) is 19.5 Å². The van der Waals surface area contributed by atoms with Crippen molar-refractivity contribution in [1.82, 2.24) is 30.1 Å². The molecule has 7 rings (SSSR count). The zero-order valence-corrected chi connectivity index (χ0v) is 27.5. The summed E-state index contributed by atoms with van der Waals surface area (Å²) in [4.78, 5) is 49.7. The molecule has 4 amide bonds. The van der Waals surface area contributed by atoms with E-state index < -0.39 is 18.2 Å². The standard InChI is InChI=1S/C35H34N8O5S/c1-4-14-41(35(46)37-17-22-8-11-25(47-3)12-9-22)42-20-31(44)43-27(16-23-10-13-28-26(15-23)38-21(2)48-28)33(45)40(19-30(42)43)18-24-6-5-7-29-32(24)39-34(36)49-29/h1,5-13,15,27,30,38H,2,14,16-20H2,3H3,(H2,36,39)(H,37,46)/t27-,30+/m0/s1. The predicted molar refractivity (Wildman–Crippen MR) is 185 cm³/mol. The summed E-state index contributed by atoms with van der Waals surface area (Å²) < 4.78 is 11.7. The molecule has 250 valence electrons. The lowest BCUT2D eigenvalue weighted by atomic mass is 9.99. The number of urea groups is 1. The number of hydrogen-bond donors (Lipinski definition) is 3. The number of amides is 4. The maximum absolute atomic E-state index is 14.4. The molecule has 2 fully saturated rings. The zero-order chi connectivity index (χ0) is 34.2. The fourth-order valence-corrected chi connectivity index (χ4v) is 7.33. The number of nitrogens with zero attached hydrogens (tertiary/aromatic N) is 5. The second-order valence-electron chi connectivity index (χ2n) is 11.9. The summed E-state index contributed by atoms with van der Waals surface area (Å²) in [5.74, 6) is 3.81. The van der Waals surface area contributed by atoms with E-state index in [9.17, 15) is 14.4 Å². The number of carbonyl (C=O) groups excluding carboxylic acids is 3. The first-order valence-electron chi connectivity index (χ1n) is 15.6. The molecule has 0 radical (unpaired) electrons. The van der Waals surface area contributed by atoms with Gasteiger partial charge in [-0.1, -0.05) is 47.6 Å². The smallest absolute Gasteiger partial charge is 0.333 e. The molecule has 4 N–H and O–H groups in total. The molecule has 49 heavy (non-hydrogen) atoms. The fraction of sp³-hybridized carbons (Fsp3) is 0.257. The van der Waals surface area contributed by atoms with E-state index in [4.69, 9.17) is 21.6 Å². The van der Waals surface area contributed by atoms with Crippen molar-refractivity contribution in [1.29, 1.82) is 0 Å². The third-order valence-corrected chi connectivity index (χ3v) is 9.67. The van der Waals surface area contributed by atoms with Crippen LogP contribution in [-0.2, 0) is 29.1 Å². The number of nitrogens with two attached hydrogens (primary N) is 1. The number of hydrazine groups is 1. The minimum Gasteiger partial charge on any atom is -0.497 e. The number of ether oxygens (including phenoxy) is 2. The largest absolute Gasteiger partial charge is 0.497 e. The summed E-state index contributed by atoms with van der Waals surface area (Å²) in [6.45, 7) is 4.23. The molecule has 3 aliphatic heterocycles. The maximum Gasteiger partial charge on any atom is 0.333 e. The van der Waals surface area contributed by atoms with Crippen LogP contribution in [0.2, 0.25) is 0 Å². The van der Waals surface area contributed by atoms with Crippen molar-refractivity contribution in [3.63, 3.8) is 0 Å². The Morgan fingerprint density at radius 2 is 2.02 bits per heavy atom. The van der Waals surface area contributed by atoms with Gasteiger partial charge in [-0.2, -0.15) is 5.01 Å². The highest BCUT2D eigenvalue weighted by Gasteiger charge is 2.52. The second-order valence-corrected chi connectivity index (χ2v) is 12.9. The van der Waals surface area contributed by atoms with Crippen molar-refractivity contribution in [3.8, 4) is 23.8 Å². The quantitative estimate of drug-likeness (QED) is 0.227. The SMILES string of the molecule is C#CCN(C(=O)NCc1ccc(OC)cc1)N1CC(=O)N2[C@@H](Cc3ccc4c(c3)NC(=C)O4)C(=O)N(Cc3cccc4sc(N)nc34)C[C@@H]21. The van der Waals surface area contributed by atoms with Crippen LogP contribution in [0.4, 0.5) is 15.6 Å². The molecule has 3 aromatic carbocycles. The summed E-state index contributed by atoms with van der Waals surface area (Å²) >= 11 is 1.38. The number of carbonyl (C=O) groups is 3. The number of piperazine rings is 1. The van der Waals surface area contributed by atoms with E-state index >= 15 is 0 Å². The predicted octanol–water partition coefficient (Wildman–Crippen LogP) is 3.35. The summed E-state index contributed by atoms with van der Waals surface area (Å²) in [7, 11) is 1.59. The van der Waals surface area contributed by atoms with Gasteiger partial charge in [0.1, 0.15) is 18.0 Å². The van der Waals surface area contributed by atoms with Gasteiger partial charge in [0.15, 0.2) is 16.8 Å². The Labute approximate surface area is 286 Å². The van der Waals surface area contributed by atoms with E-state index in [1.54, 1.807) is 21.9 Å². The second kappa shape index (κ2) is 13.0. The summed E-state index contributed by atoms with van der Waals surface area (Å²) in [6.07, 6.45) is 5.33. The molecule has 0 spiro atoms. The first kappa shape index (κ1) is 31.8. The van der Waals surface area contributed by atoms with Gasteiger partial charge in [0.25, 0.3) is 0 Å². The van der Waals surface area contributed by atoms with E-state index in [0.29, 0.717) is 22.5 Å². The van der Waals surface area contributed by atoms with Gasteiger partial charge in [-0.15, -0.1) is 6.42 Å². The van der Waals surface area contributed by atoms with Crippen molar-refractivity contribution in [2.75, 3.05) is 37.8 Å². The van der Waals surface area contributed by atoms with Crippen molar-refractivity contribution < 1.29 is 23.9 Å². The van der Waals surface area contributed by atoms with E-state index in [0.717, 1.165) is 32.6 Å². The van der Waals surface area contributed by atoms with Crippen molar-refractivity contribution >= 4 is 50.2 Å². The fourth-order valence-electron chi connectivity index (χ4n) is 6.55. The highest BCUT2D eigenvalue weighted by molar-refractivity contribution is 7.22. The lowest BCUT2D eigenvalue weighted by molar-refractivity contribution is -0.157. The number of nitrogens with one attached hydrogen (secondary N) is 2. The van der Waals surface area contributed by atoms with E-state index in [1.807, 2.05) is 60.7 Å². The zero-order valence-electron chi connectivity index (χ0n) is 26.7. The molecule has 0 saturated carbocycles. The molecule has 0 aliphatic carbocycles. The molecule has 13 nitrogen and oxygen atoms in total. The number of para-hydroxylation sites is 1. The highest BCUT2D eigenvalue weighted by Crippen LogP contribution is 2.36. The molecule has 0 bridgehead atoms. The Hall–Kier alpha value is -5.78. The van der Waals surface area contributed by atoms with Crippen LogP contribution in [0.15, 0.2) is 73.1 Å². The van der Waals surface area contributed by atoms with Gasteiger partial charge in [-0.25, -0.2) is 14.8 Å². The van der Waals surface area contributed by atoms with Gasteiger partial charge in [0.05, 0.1) is 42.6 Å². The summed E-state index contributed by atoms with van der Waals surface area (Å²) in [6, 6.07) is 17.4. The number of thiazole rings is 1. The van der Waals surface area contributed by atoms with Gasteiger partial charge in [-0.05, 0) is 53.6 Å². The van der Waals surface area contributed by atoms with Gasteiger partial charge in [0.2, 0.25) is 11.8 Å². The Morgan fingerprint density at radius 1 is 1.22 bits per heavy atom. The van der Waals surface area contributed by atoms with Gasteiger partial charge < -0.3 is 35.6 Å². The maximum atomic E-state index is 14.4. The topological polar surface area (TPSA) is 146 Å². The first-order chi connectivity index (χ1) is 23.7. The molecule has 2 atom stereocenters. The monoisotopic (exact) mass is 678 g/mol. The number of terminal acetylenes is 1. The highest BCUT2D eigenvalue weighted by atomic mass is 32.1. The first-order valence-corrected chi connectivity index (χ1v) is 16.4. The lowest BCUT2D eigenvalue weighted by Gasteiger charge is -2.46. The van der Waals surface area contributed by atoms with E-state index in [1.165, 1.54) is 16.3 Å². The average Bonchev–Trinajstić information content (AvgIpc) is 3.77. The molecule has 4 heterocycles. The van der Waals surface area contributed by atoms with Crippen LogP contribution in [0.25, 0.3) is 10.2 Å². The number of rotatable bonds is 9. The van der Waals surface area contributed by atoms with Gasteiger partial charge in [-0.3, -0.25) is 9.59 Å².